The van der Waals surface area contributed by atoms with Crippen molar-refractivity contribution < 1.29 is 13.9 Å². The van der Waals surface area contributed by atoms with Gasteiger partial charge in [0.05, 0.1) is 18.1 Å². The molecule has 7 nitrogen and oxygen atoms in total. The van der Waals surface area contributed by atoms with E-state index in [1.165, 1.54) is 13.4 Å². The van der Waals surface area contributed by atoms with Crippen molar-refractivity contribution >= 4 is 41.0 Å². The quantitative estimate of drug-likeness (QED) is 0.713. The molecule has 0 aliphatic rings. The molecule has 2 aromatic heterocycles. The van der Waals surface area contributed by atoms with Gasteiger partial charge in [0.2, 0.25) is 11.7 Å². The zero-order valence-corrected chi connectivity index (χ0v) is 12.3. The maximum absolute atomic E-state index is 11.4. The molecule has 0 amide bonds. The summed E-state index contributed by atoms with van der Waals surface area (Å²) >= 11 is 0. The van der Waals surface area contributed by atoms with Crippen molar-refractivity contribution in [3.63, 3.8) is 0 Å². The molecule has 0 aliphatic carbocycles. The van der Waals surface area contributed by atoms with Crippen LogP contribution in [0.25, 0.3) is 23.3 Å². The fourth-order valence-corrected chi connectivity index (χ4v) is 2.17. The smallest absolute Gasteiger partial charge is 0.337 e. The van der Waals surface area contributed by atoms with Crippen LogP contribution < -0.4 is 11.5 Å². The first kappa shape index (κ1) is 14.6. The lowest BCUT2D eigenvalue weighted by atomic mass is 10.1. The molecule has 0 bridgehead atoms. The van der Waals surface area contributed by atoms with Crippen LogP contribution in [0.3, 0.4) is 0 Å². The number of rotatable bonds is 3. The van der Waals surface area contributed by atoms with E-state index in [1.807, 2.05) is 24.3 Å². The van der Waals surface area contributed by atoms with E-state index in [-0.39, 0.29) is 17.7 Å². The van der Waals surface area contributed by atoms with Crippen LogP contribution >= 0.6 is 0 Å². The minimum absolute atomic E-state index is 0.0679. The van der Waals surface area contributed by atoms with E-state index >= 15 is 0 Å². The molecule has 4 N–H and O–H groups in total. The Morgan fingerprint density at radius 2 is 1.91 bits per heavy atom. The number of nitrogen functional groups attached to an aromatic ring is 2. The van der Waals surface area contributed by atoms with E-state index < -0.39 is 0 Å². The van der Waals surface area contributed by atoms with Gasteiger partial charge >= 0.3 is 5.97 Å². The maximum atomic E-state index is 11.4. The van der Waals surface area contributed by atoms with Gasteiger partial charge < -0.3 is 20.6 Å². The molecule has 0 atom stereocenters. The van der Waals surface area contributed by atoms with E-state index in [0.717, 1.165) is 11.1 Å². The molecule has 0 radical (unpaired) electrons. The maximum Gasteiger partial charge on any atom is 0.337 e. The van der Waals surface area contributed by atoms with Gasteiger partial charge in [0.15, 0.2) is 0 Å². The molecule has 0 saturated heterocycles. The lowest BCUT2D eigenvalue weighted by Crippen LogP contribution is -2.00. The Balaban J connectivity index is 1.90. The lowest BCUT2D eigenvalue weighted by Gasteiger charge is -1.99. The Morgan fingerprint density at radius 1 is 1.17 bits per heavy atom. The highest BCUT2D eigenvalue weighted by molar-refractivity contribution is 5.95. The molecule has 7 heteroatoms. The van der Waals surface area contributed by atoms with E-state index in [0.29, 0.717) is 16.7 Å². The van der Waals surface area contributed by atoms with E-state index in [4.69, 9.17) is 15.9 Å². The molecule has 1 aromatic carbocycles. The normalized spacial score (nSPS) is 11.2. The van der Waals surface area contributed by atoms with Crippen LogP contribution in [-0.2, 0) is 4.74 Å². The topological polar surface area (TPSA) is 117 Å². The van der Waals surface area contributed by atoms with Crippen LogP contribution in [0.15, 0.2) is 34.9 Å². The van der Waals surface area contributed by atoms with Gasteiger partial charge in [0.25, 0.3) is 0 Å². The summed E-state index contributed by atoms with van der Waals surface area (Å²) in [6, 6.07) is 7.00. The number of ether oxygens (including phenoxy) is 1. The number of esters is 1. The molecule has 3 aromatic rings. The number of nitrogens with two attached hydrogens (primary N) is 2. The average Bonchev–Trinajstić information content (AvgIpc) is 2.95. The van der Waals surface area contributed by atoms with Crippen molar-refractivity contribution in [2.45, 2.75) is 0 Å². The summed E-state index contributed by atoms with van der Waals surface area (Å²) in [5.41, 5.74) is 13.9. The van der Waals surface area contributed by atoms with Gasteiger partial charge in [-0.25, -0.2) is 4.79 Å². The first-order valence-electron chi connectivity index (χ1n) is 6.75. The molecule has 23 heavy (non-hydrogen) atoms. The number of hydrogen-bond donors (Lipinski definition) is 2. The van der Waals surface area contributed by atoms with Gasteiger partial charge in [0, 0.05) is 5.56 Å². The molecule has 0 fully saturated rings. The zero-order valence-electron chi connectivity index (χ0n) is 12.3. The first-order valence-corrected chi connectivity index (χ1v) is 6.75. The third-order valence-corrected chi connectivity index (χ3v) is 3.29. The number of benzene rings is 1. The predicted molar refractivity (Wildman–Crippen MR) is 87.3 cm³/mol. The number of methoxy groups -OCH3 is 1. The first-order chi connectivity index (χ1) is 11.1. The number of carbonyl (C=O) groups excluding carboxylic acids is 1. The van der Waals surface area contributed by atoms with Gasteiger partial charge in [-0.15, -0.1) is 0 Å². The minimum Gasteiger partial charge on any atom is -0.465 e. The SMILES string of the molecule is COC(=O)c1ccc(/C=C/c2coc3nc(N)nc(N)c23)cc1. The Bertz CT molecular complexity index is 898. The molecule has 116 valence electrons. The van der Waals surface area contributed by atoms with Gasteiger partial charge in [-0.1, -0.05) is 24.3 Å². The Morgan fingerprint density at radius 3 is 2.61 bits per heavy atom. The van der Waals surface area contributed by atoms with Crippen molar-refractivity contribution in [3.05, 3.63) is 47.2 Å². The Hall–Kier alpha value is -3.35. The summed E-state index contributed by atoms with van der Waals surface area (Å²) < 4.78 is 10.00. The highest BCUT2D eigenvalue weighted by atomic mass is 16.5. The van der Waals surface area contributed by atoms with Crippen LogP contribution in [-0.4, -0.2) is 23.0 Å². The van der Waals surface area contributed by atoms with Gasteiger partial charge in [-0.2, -0.15) is 9.97 Å². The third kappa shape index (κ3) is 2.84. The minimum atomic E-state index is -0.371. The fourth-order valence-electron chi connectivity index (χ4n) is 2.17. The third-order valence-electron chi connectivity index (χ3n) is 3.29. The second kappa shape index (κ2) is 5.80. The van der Waals surface area contributed by atoms with E-state index in [9.17, 15) is 4.79 Å². The highest BCUT2D eigenvalue weighted by Gasteiger charge is 2.11. The molecular weight excluding hydrogens is 296 g/mol. The largest absolute Gasteiger partial charge is 0.465 e. The number of hydrogen-bond acceptors (Lipinski definition) is 7. The summed E-state index contributed by atoms with van der Waals surface area (Å²) in [5.74, 6) is -0.0379. The standard InChI is InChI=1S/C16H14N4O3/c1-22-15(21)10-5-2-9(3-6-10)4-7-11-8-23-14-12(11)13(17)19-16(18)20-14/h2-8H,1H3,(H4,17,18,19,20)/b7-4+. The van der Waals surface area contributed by atoms with Crippen molar-refractivity contribution in [2.24, 2.45) is 0 Å². The summed E-state index contributed by atoms with van der Waals surface area (Å²) in [6.07, 6.45) is 5.23. The number of anilines is 2. The fraction of sp³-hybridized carbons (Fsp3) is 0.0625. The molecule has 0 saturated carbocycles. The summed E-state index contributed by atoms with van der Waals surface area (Å²) in [7, 11) is 1.35. The molecular formula is C16H14N4O3. The molecule has 2 heterocycles. The highest BCUT2D eigenvalue weighted by Crippen LogP contribution is 2.26. The zero-order chi connectivity index (χ0) is 16.4. The van der Waals surface area contributed by atoms with Crippen molar-refractivity contribution in [3.8, 4) is 0 Å². The molecule has 0 aliphatic heterocycles. The van der Waals surface area contributed by atoms with Crippen LogP contribution in [0, 0.1) is 0 Å². The number of fused-ring (bicyclic) bond motifs is 1. The number of carbonyl (C=O) groups is 1. The summed E-state index contributed by atoms with van der Waals surface area (Å²) in [6.45, 7) is 0. The van der Waals surface area contributed by atoms with Gasteiger partial charge in [-0.3, -0.25) is 0 Å². The lowest BCUT2D eigenvalue weighted by molar-refractivity contribution is 0.0600. The van der Waals surface area contributed by atoms with Crippen LogP contribution in [0.4, 0.5) is 11.8 Å². The van der Waals surface area contributed by atoms with Crippen LogP contribution in [0.5, 0.6) is 0 Å². The molecule has 0 unspecified atom stereocenters. The van der Waals surface area contributed by atoms with Crippen molar-refractivity contribution in [2.75, 3.05) is 18.6 Å². The predicted octanol–water partition coefficient (Wildman–Crippen LogP) is 2.34. The van der Waals surface area contributed by atoms with Crippen LogP contribution in [0.1, 0.15) is 21.5 Å². The monoisotopic (exact) mass is 310 g/mol. The number of aromatic nitrogens is 2. The van der Waals surface area contributed by atoms with Gasteiger partial charge in [-0.05, 0) is 17.7 Å². The second-order valence-corrected chi connectivity index (χ2v) is 4.79. The Kier molecular flexibility index (Phi) is 3.68. The number of furan rings is 1. The van der Waals surface area contributed by atoms with E-state index in [2.05, 4.69) is 14.7 Å². The molecule has 3 rings (SSSR count). The average molecular weight is 310 g/mol. The summed E-state index contributed by atoms with van der Waals surface area (Å²) in [4.78, 5) is 19.3. The molecule has 0 spiro atoms. The summed E-state index contributed by atoms with van der Waals surface area (Å²) in [5, 5.41) is 0.613. The second-order valence-electron chi connectivity index (χ2n) is 4.79. The van der Waals surface area contributed by atoms with E-state index in [1.54, 1.807) is 12.1 Å². The number of nitrogens with zero attached hydrogens (tertiary/aromatic N) is 2. The van der Waals surface area contributed by atoms with Gasteiger partial charge in [0.1, 0.15) is 12.1 Å². The van der Waals surface area contributed by atoms with Crippen molar-refractivity contribution in [1.29, 1.82) is 0 Å². The Labute approximate surface area is 131 Å². The van der Waals surface area contributed by atoms with Crippen LogP contribution in [0.2, 0.25) is 0 Å². The van der Waals surface area contributed by atoms with Crippen molar-refractivity contribution in [1.82, 2.24) is 9.97 Å².